The maximum atomic E-state index is 11.5. The highest BCUT2D eigenvalue weighted by Gasteiger charge is 2.23. The second-order valence-electron chi connectivity index (χ2n) is 2.52. The summed E-state index contributed by atoms with van der Waals surface area (Å²) in [6.07, 6.45) is 0. The zero-order chi connectivity index (χ0) is 12.1. The number of esters is 1. The first-order chi connectivity index (χ1) is 7.60. The Hall–Kier alpha value is -1.34. The van der Waals surface area contributed by atoms with Crippen LogP contribution in [0.3, 0.4) is 0 Å². The van der Waals surface area contributed by atoms with Crippen LogP contribution in [0.4, 0.5) is 5.13 Å². The van der Waals surface area contributed by atoms with Crippen molar-refractivity contribution in [3.8, 4) is 0 Å². The first-order valence-electron chi connectivity index (χ1n) is 4.30. The second-order valence-corrected chi connectivity index (χ2v) is 4.15. The predicted octanol–water partition coefficient (Wildman–Crippen LogP) is 1.29. The number of carbonyl (C=O) groups is 1. The van der Waals surface area contributed by atoms with Crippen LogP contribution in [0.25, 0.3) is 0 Å². The molecule has 2 N–H and O–H groups in total. The lowest BCUT2D eigenvalue weighted by atomic mass is 10.3. The predicted molar refractivity (Wildman–Crippen MR) is 61.7 cm³/mol. The van der Waals surface area contributed by atoms with Crippen molar-refractivity contribution < 1.29 is 14.4 Å². The molecule has 1 heterocycles. The first-order valence-corrected chi connectivity index (χ1v) is 5.50. The van der Waals surface area contributed by atoms with Crippen molar-refractivity contribution in [1.29, 1.82) is 0 Å². The standard InChI is InChI=1S/C8H10ClN3O3S/c1-3-15-7(13)5(12-14-2)4-6(9)16-8(10)11-4/h3H2,1-2H3,(H2,10,11). The number of nitrogens with two attached hydrogens (primary N) is 1. The molecule has 0 bridgehead atoms. The van der Waals surface area contributed by atoms with Gasteiger partial charge in [-0.25, -0.2) is 9.78 Å². The van der Waals surface area contributed by atoms with E-state index < -0.39 is 5.97 Å². The van der Waals surface area contributed by atoms with Crippen LogP contribution in [-0.4, -0.2) is 30.4 Å². The van der Waals surface area contributed by atoms with Crippen LogP contribution in [0.2, 0.25) is 4.34 Å². The highest BCUT2D eigenvalue weighted by atomic mass is 35.5. The fourth-order valence-electron chi connectivity index (χ4n) is 0.931. The summed E-state index contributed by atoms with van der Waals surface area (Å²) in [4.78, 5) is 20.0. The van der Waals surface area contributed by atoms with Gasteiger partial charge in [0.15, 0.2) is 5.13 Å². The van der Waals surface area contributed by atoms with Gasteiger partial charge in [0.25, 0.3) is 0 Å². The Kier molecular flexibility index (Phi) is 4.51. The minimum Gasteiger partial charge on any atom is -0.461 e. The van der Waals surface area contributed by atoms with Gasteiger partial charge in [-0.3, -0.25) is 0 Å². The molecular formula is C8H10ClN3O3S. The van der Waals surface area contributed by atoms with E-state index in [4.69, 9.17) is 22.1 Å². The third-order valence-corrected chi connectivity index (χ3v) is 2.56. The van der Waals surface area contributed by atoms with Gasteiger partial charge in [0.1, 0.15) is 17.1 Å². The van der Waals surface area contributed by atoms with Crippen LogP contribution in [0, 0.1) is 0 Å². The molecule has 8 heteroatoms. The summed E-state index contributed by atoms with van der Waals surface area (Å²) in [6, 6.07) is 0. The Labute approximate surface area is 101 Å². The Morgan fingerprint density at radius 3 is 2.81 bits per heavy atom. The van der Waals surface area contributed by atoms with E-state index in [-0.39, 0.29) is 27.5 Å². The number of anilines is 1. The molecule has 0 fully saturated rings. The van der Waals surface area contributed by atoms with E-state index >= 15 is 0 Å². The molecule has 16 heavy (non-hydrogen) atoms. The van der Waals surface area contributed by atoms with E-state index in [2.05, 4.69) is 15.0 Å². The quantitative estimate of drug-likeness (QED) is 0.502. The normalized spacial score (nSPS) is 11.3. The summed E-state index contributed by atoms with van der Waals surface area (Å²) in [6.45, 7) is 1.90. The number of hydrogen-bond donors (Lipinski definition) is 1. The SMILES string of the molecule is CCOC(=O)C(=NOC)c1nc(N)sc1Cl. The number of nitrogen functional groups attached to an aromatic ring is 1. The summed E-state index contributed by atoms with van der Waals surface area (Å²) in [5.41, 5.74) is 5.54. The van der Waals surface area contributed by atoms with E-state index in [1.165, 1.54) is 7.11 Å². The van der Waals surface area contributed by atoms with Gasteiger partial charge in [0.05, 0.1) is 6.61 Å². The zero-order valence-corrected chi connectivity index (χ0v) is 10.3. The van der Waals surface area contributed by atoms with Crippen LogP contribution in [0.15, 0.2) is 5.16 Å². The number of oxime groups is 1. The van der Waals surface area contributed by atoms with Gasteiger partial charge in [-0.1, -0.05) is 28.1 Å². The molecular weight excluding hydrogens is 254 g/mol. The van der Waals surface area contributed by atoms with Crippen LogP contribution in [0.1, 0.15) is 12.6 Å². The van der Waals surface area contributed by atoms with E-state index in [1.54, 1.807) is 6.92 Å². The molecule has 6 nitrogen and oxygen atoms in total. The number of rotatable bonds is 4. The highest BCUT2D eigenvalue weighted by molar-refractivity contribution is 7.19. The van der Waals surface area contributed by atoms with Crippen molar-refractivity contribution in [1.82, 2.24) is 4.98 Å². The van der Waals surface area contributed by atoms with Crippen molar-refractivity contribution >= 4 is 39.8 Å². The molecule has 0 radical (unpaired) electrons. The maximum Gasteiger partial charge on any atom is 0.362 e. The number of nitrogens with zero attached hydrogens (tertiary/aromatic N) is 2. The van der Waals surface area contributed by atoms with Crippen LogP contribution in [-0.2, 0) is 14.4 Å². The Morgan fingerprint density at radius 2 is 2.38 bits per heavy atom. The molecule has 0 unspecified atom stereocenters. The molecule has 0 aromatic carbocycles. The summed E-state index contributed by atoms with van der Waals surface area (Å²) in [7, 11) is 1.31. The number of ether oxygens (including phenoxy) is 1. The highest BCUT2D eigenvalue weighted by Crippen LogP contribution is 2.26. The molecule has 0 aliphatic carbocycles. The van der Waals surface area contributed by atoms with Gasteiger partial charge >= 0.3 is 5.97 Å². The fourth-order valence-corrected chi connectivity index (χ4v) is 1.86. The minimum absolute atomic E-state index is 0.0951. The number of halogens is 1. The van der Waals surface area contributed by atoms with Gasteiger partial charge in [-0.2, -0.15) is 0 Å². The second kappa shape index (κ2) is 5.66. The van der Waals surface area contributed by atoms with Crippen LogP contribution < -0.4 is 5.73 Å². The molecule has 0 saturated heterocycles. The summed E-state index contributed by atoms with van der Waals surface area (Å²) in [5, 5.41) is 3.78. The molecule has 0 aliphatic heterocycles. The molecule has 0 amide bonds. The van der Waals surface area contributed by atoms with Crippen molar-refractivity contribution in [2.45, 2.75) is 6.92 Å². The van der Waals surface area contributed by atoms with E-state index in [0.717, 1.165) is 11.3 Å². The van der Waals surface area contributed by atoms with Crippen molar-refractivity contribution in [2.24, 2.45) is 5.16 Å². The average Bonchev–Trinajstić information content (AvgIpc) is 2.54. The molecule has 0 atom stereocenters. The molecule has 88 valence electrons. The number of thiazole rings is 1. The zero-order valence-electron chi connectivity index (χ0n) is 8.69. The van der Waals surface area contributed by atoms with Gasteiger partial charge in [-0.15, -0.1) is 0 Å². The van der Waals surface area contributed by atoms with Crippen molar-refractivity contribution in [3.63, 3.8) is 0 Å². The average molecular weight is 264 g/mol. The molecule has 0 saturated carbocycles. The molecule has 1 rings (SSSR count). The Balaban J connectivity index is 3.08. The monoisotopic (exact) mass is 263 g/mol. The lowest BCUT2D eigenvalue weighted by Crippen LogP contribution is -2.20. The summed E-state index contributed by atoms with van der Waals surface area (Å²) >= 11 is 6.90. The molecule has 0 spiro atoms. The van der Waals surface area contributed by atoms with E-state index in [0.29, 0.717) is 0 Å². The van der Waals surface area contributed by atoms with Crippen LogP contribution >= 0.6 is 22.9 Å². The van der Waals surface area contributed by atoms with Gasteiger partial charge in [0.2, 0.25) is 5.71 Å². The van der Waals surface area contributed by atoms with Gasteiger partial charge in [0, 0.05) is 0 Å². The van der Waals surface area contributed by atoms with E-state index in [1.807, 2.05) is 0 Å². The Morgan fingerprint density at radius 1 is 1.69 bits per heavy atom. The lowest BCUT2D eigenvalue weighted by Gasteiger charge is -2.02. The van der Waals surface area contributed by atoms with Crippen molar-refractivity contribution in [3.05, 3.63) is 10.0 Å². The number of aromatic nitrogens is 1. The fraction of sp³-hybridized carbons (Fsp3) is 0.375. The first kappa shape index (κ1) is 12.7. The number of carbonyl (C=O) groups excluding carboxylic acids is 1. The largest absolute Gasteiger partial charge is 0.461 e. The van der Waals surface area contributed by atoms with Gasteiger partial charge in [-0.05, 0) is 6.92 Å². The summed E-state index contributed by atoms with van der Waals surface area (Å²) in [5.74, 6) is -0.656. The molecule has 1 aromatic heterocycles. The van der Waals surface area contributed by atoms with Crippen LogP contribution in [0.5, 0.6) is 0 Å². The Bertz CT molecular complexity index is 419. The third kappa shape index (κ3) is 2.83. The minimum atomic E-state index is -0.656. The molecule has 1 aromatic rings. The van der Waals surface area contributed by atoms with Gasteiger partial charge < -0.3 is 15.3 Å². The lowest BCUT2D eigenvalue weighted by molar-refractivity contribution is -0.135. The smallest absolute Gasteiger partial charge is 0.362 e. The topological polar surface area (TPSA) is 86.8 Å². The third-order valence-electron chi connectivity index (χ3n) is 1.48. The molecule has 0 aliphatic rings. The number of hydrogen-bond acceptors (Lipinski definition) is 7. The maximum absolute atomic E-state index is 11.5. The van der Waals surface area contributed by atoms with E-state index in [9.17, 15) is 4.79 Å². The summed E-state index contributed by atoms with van der Waals surface area (Å²) < 4.78 is 5.06. The van der Waals surface area contributed by atoms with Crippen molar-refractivity contribution in [2.75, 3.05) is 19.5 Å².